The highest BCUT2D eigenvalue weighted by atomic mass is 16.5. The zero-order valence-electron chi connectivity index (χ0n) is 31.2. The van der Waals surface area contributed by atoms with Crippen molar-refractivity contribution in [3.05, 3.63) is 95.3 Å². The lowest BCUT2D eigenvalue weighted by Gasteiger charge is -2.15. The number of nitrogens with two attached hydrogens (primary N) is 1. The van der Waals surface area contributed by atoms with Crippen molar-refractivity contribution in [2.45, 2.75) is 74.1 Å². The van der Waals surface area contributed by atoms with E-state index < -0.39 is 0 Å². The Balaban J connectivity index is 0.000000280. The molecule has 4 N–H and O–H groups in total. The van der Waals surface area contributed by atoms with Crippen LogP contribution in [0.4, 0.5) is 11.6 Å². The van der Waals surface area contributed by atoms with Gasteiger partial charge in [0.05, 0.1) is 31.0 Å². The number of benzene rings is 2. The summed E-state index contributed by atoms with van der Waals surface area (Å²) in [5.41, 5.74) is 7.75. The van der Waals surface area contributed by atoms with Crippen LogP contribution in [-0.4, -0.2) is 47.2 Å². The van der Waals surface area contributed by atoms with E-state index in [4.69, 9.17) is 29.9 Å². The molecule has 0 saturated carbocycles. The van der Waals surface area contributed by atoms with Gasteiger partial charge in [0.1, 0.15) is 40.7 Å². The molecule has 0 aliphatic rings. The summed E-state index contributed by atoms with van der Waals surface area (Å²) in [6.45, 7) is 17.5. The molecule has 52 heavy (non-hydrogen) atoms. The number of anilines is 2. The Morgan fingerprint density at radius 1 is 0.673 bits per heavy atom. The van der Waals surface area contributed by atoms with Gasteiger partial charge in [-0.2, -0.15) is 5.26 Å². The third-order valence-corrected chi connectivity index (χ3v) is 6.63. The molecule has 0 spiro atoms. The molecule has 0 aliphatic heterocycles. The molecule has 0 saturated heterocycles. The molecule has 4 aromatic rings. The first-order valence-electron chi connectivity index (χ1n) is 17.3. The lowest BCUT2D eigenvalue weighted by Crippen LogP contribution is -2.15. The average Bonchev–Trinajstić information content (AvgIpc) is 3.10. The van der Waals surface area contributed by atoms with E-state index in [0.29, 0.717) is 82.9 Å². The lowest BCUT2D eigenvalue weighted by molar-refractivity contribution is 0.101. The summed E-state index contributed by atoms with van der Waals surface area (Å²) in [6.07, 6.45) is 3.03. The number of hydrogen-bond donors (Lipinski definition) is 3. The Hall–Kier alpha value is -5.67. The van der Waals surface area contributed by atoms with Gasteiger partial charge in [-0.3, -0.25) is 9.59 Å². The third-order valence-electron chi connectivity index (χ3n) is 6.63. The van der Waals surface area contributed by atoms with Gasteiger partial charge in [0.2, 0.25) is 0 Å². The molecule has 12 nitrogen and oxygen atoms in total. The SMILES string of the molecule is CC(C)COc1cc(OC(C)C)cc(C(=O)Nc2ccc(C#N)cn2)c1.CC(C)COc1cc(OC(C)C)cc(C(=O)Nc2ccc(CN)cn2)c1. The van der Waals surface area contributed by atoms with Crippen LogP contribution in [0.3, 0.4) is 0 Å². The second-order valence-electron chi connectivity index (χ2n) is 13.3. The number of amides is 2. The van der Waals surface area contributed by atoms with Gasteiger partial charge in [0.15, 0.2) is 0 Å². The van der Waals surface area contributed by atoms with Crippen molar-refractivity contribution in [3.8, 4) is 29.1 Å². The van der Waals surface area contributed by atoms with E-state index in [0.717, 1.165) is 5.56 Å². The van der Waals surface area contributed by atoms with Crippen LogP contribution < -0.4 is 35.3 Å². The molecule has 0 aliphatic carbocycles. The second kappa shape index (κ2) is 20.2. The van der Waals surface area contributed by atoms with Crippen LogP contribution in [0.1, 0.15) is 87.2 Å². The summed E-state index contributed by atoms with van der Waals surface area (Å²) >= 11 is 0. The number of pyridine rings is 2. The summed E-state index contributed by atoms with van der Waals surface area (Å²) in [4.78, 5) is 33.4. The van der Waals surface area contributed by atoms with Crippen LogP contribution in [0.25, 0.3) is 0 Å². The lowest BCUT2D eigenvalue weighted by atomic mass is 10.1. The molecule has 12 heteroatoms. The highest BCUT2D eigenvalue weighted by molar-refractivity contribution is 6.05. The average molecular weight is 711 g/mol. The number of nitriles is 1. The highest BCUT2D eigenvalue weighted by Gasteiger charge is 2.14. The number of aromatic nitrogens is 2. The summed E-state index contributed by atoms with van der Waals surface area (Å²) in [5.74, 6) is 3.32. The summed E-state index contributed by atoms with van der Waals surface area (Å²) in [5, 5.41) is 14.3. The Morgan fingerprint density at radius 2 is 1.12 bits per heavy atom. The van der Waals surface area contributed by atoms with Crippen LogP contribution in [0.15, 0.2) is 73.1 Å². The van der Waals surface area contributed by atoms with Gasteiger partial charge < -0.3 is 35.3 Å². The summed E-state index contributed by atoms with van der Waals surface area (Å²) < 4.78 is 23.0. The maximum Gasteiger partial charge on any atom is 0.257 e. The largest absolute Gasteiger partial charge is 0.493 e. The van der Waals surface area contributed by atoms with Crippen molar-refractivity contribution in [3.63, 3.8) is 0 Å². The van der Waals surface area contributed by atoms with E-state index in [1.165, 1.54) is 6.20 Å². The highest BCUT2D eigenvalue weighted by Crippen LogP contribution is 2.26. The molecule has 276 valence electrons. The van der Waals surface area contributed by atoms with E-state index in [1.54, 1.807) is 60.8 Å². The van der Waals surface area contributed by atoms with Crippen molar-refractivity contribution < 1.29 is 28.5 Å². The molecule has 2 aromatic heterocycles. The fraction of sp³-hybridized carbons (Fsp3) is 0.375. The van der Waals surface area contributed by atoms with E-state index in [-0.39, 0.29) is 24.0 Å². The maximum absolute atomic E-state index is 12.6. The van der Waals surface area contributed by atoms with Crippen molar-refractivity contribution in [2.75, 3.05) is 23.8 Å². The number of rotatable bonds is 15. The van der Waals surface area contributed by atoms with Crippen molar-refractivity contribution in [1.29, 1.82) is 5.26 Å². The van der Waals surface area contributed by atoms with Crippen molar-refractivity contribution in [2.24, 2.45) is 17.6 Å². The molecule has 2 aromatic carbocycles. The normalized spacial score (nSPS) is 10.7. The first-order chi connectivity index (χ1) is 24.7. The molecule has 2 amide bonds. The van der Waals surface area contributed by atoms with Gasteiger partial charge in [-0.25, -0.2) is 9.97 Å². The molecule has 2 heterocycles. The minimum Gasteiger partial charge on any atom is -0.493 e. The molecule has 4 rings (SSSR count). The molecular weight excluding hydrogens is 660 g/mol. The Kier molecular flexibility index (Phi) is 15.9. The van der Waals surface area contributed by atoms with Gasteiger partial charge in [0.25, 0.3) is 11.8 Å². The number of carbonyl (C=O) groups is 2. The van der Waals surface area contributed by atoms with E-state index >= 15 is 0 Å². The molecular formula is C40H50N6O6. The van der Waals surface area contributed by atoms with Gasteiger partial charge in [-0.1, -0.05) is 33.8 Å². The predicted molar refractivity (Wildman–Crippen MR) is 202 cm³/mol. The number of ether oxygens (including phenoxy) is 4. The van der Waals surface area contributed by atoms with Gasteiger partial charge in [0, 0.05) is 42.2 Å². The minimum absolute atomic E-state index is 0.00302. The molecule has 0 bridgehead atoms. The van der Waals surface area contributed by atoms with Crippen LogP contribution >= 0.6 is 0 Å². The number of carbonyl (C=O) groups excluding carboxylic acids is 2. The molecule has 0 atom stereocenters. The van der Waals surface area contributed by atoms with Crippen LogP contribution in [0.5, 0.6) is 23.0 Å². The smallest absolute Gasteiger partial charge is 0.257 e. The van der Waals surface area contributed by atoms with E-state index in [2.05, 4.69) is 48.3 Å². The van der Waals surface area contributed by atoms with Crippen molar-refractivity contribution >= 4 is 23.5 Å². The Bertz CT molecular complexity index is 1780. The Labute approximate surface area is 306 Å². The van der Waals surface area contributed by atoms with Crippen molar-refractivity contribution in [1.82, 2.24) is 9.97 Å². The Morgan fingerprint density at radius 3 is 1.46 bits per heavy atom. The van der Waals surface area contributed by atoms with Crippen LogP contribution in [0, 0.1) is 23.2 Å². The summed E-state index contributed by atoms with van der Waals surface area (Å²) in [6, 6.07) is 19.1. The molecule has 0 fully saturated rings. The quantitative estimate of drug-likeness (QED) is 0.111. The van der Waals surface area contributed by atoms with Crippen LogP contribution in [0.2, 0.25) is 0 Å². The fourth-order valence-corrected chi connectivity index (χ4v) is 4.31. The monoisotopic (exact) mass is 710 g/mol. The zero-order chi connectivity index (χ0) is 38.2. The summed E-state index contributed by atoms with van der Waals surface area (Å²) in [7, 11) is 0. The standard InChI is InChI=1S/C20H27N3O3.C20H23N3O3/c2*1-13(2)12-25-17-7-16(8-18(9-17)26-14(3)4)20(24)23-19-6-5-15(10-21)11-22-19/h5-9,11,13-14H,10,12,21H2,1-4H3,(H,22,23,24);5-9,11,13-14H,12H2,1-4H3,(H,22,23,24). The van der Waals surface area contributed by atoms with Gasteiger partial charge in [-0.05, 0) is 87.6 Å². The van der Waals surface area contributed by atoms with Crippen LogP contribution in [-0.2, 0) is 6.54 Å². The molecule has 0 unspecified atom stereocenters. The van der Waals surface area contributed by atoms with E-state index in [1.807, 2.05) is 39.8 Å². The zero-order valence-corrected chi connectivity index (χ0v) is 31.2. The topological polar surface area (TPSA) is 171 Å². The molecule has 0 radical (unpaired) electrons. The predicted octanol–water partition coefficient (Wildman–Crippen LogP) is 7.64. The van der Waals surface area contributed by atoms with Gasteiger partial charge >= 0.3 is 0 Å². The third kappa shape index (κ3) is 14.3. The number of nitrogens with zero attached hydrogens (tertiary/aromatic N) is 3. The fourth-order valence-electron chi connectivity index (χ4n) is 4.31. The number of nitrogens with one attached hydrogen (secondary N) is 2. The number of hydrogen-bond acceptors (Lipinski definition) is 10. The second-order valence-corrected chi connectivity index (χ2v) is 13.3. The first-order valence-corrected chi connectivity index (χ1v) is 17.3. The first kappa shape index (κ1) is 40.8. The maximum atomic E-state index is 12.6. The van der Waals surface area contributed by atoms with Gasteiger partial charge in [-0.15, -0.1) is 0 Å². The minimum atomic E-state index is -0.328. The van der Waals surface area contributed by atoms with E-state index in [9.17, 15) is 9.59 Å².